The van der Waals surface area contributed by atoms with E-state index in [1.807, 2.05) is 13.0 Å². The number of aryl methyl sites for hydroxylation is 1. The fourth-order valence-corrected chi connectivity index (χ4v) is 1.33. The van der Waals surface area contributed by atoms with Crippen molar-refractivity contribution in [1.82, 2.24) is 9.97 Å². The van der Waals surface area contributed by atoms with Crippen molar-refractivity contribution in [2.75, 3.05) is 0 Å². The molecule has 4 nitrogen and oxygen atoms in total. The van der Waals surface area contributed by atoms with Gasteiger partial charge < -0.3 is 9.52 Å². The summed E-state index contributed by atoms with van der Waals surface area (Å²) in [5, 5.41) is 9.90. The zero-order valence-electron chi connectivity index (χ0n) is 8.42. The Labute approximate surface area is 87.6 Å². The van der Waals surface area contributed by atoms with Gasteiger partial charge in [-0.1, -0.05) is 6.92 Å². The molecule has 0 saturated heterocycles. The maximum atomic E-state index is 9.90. The van der Waals surface area contributed by atoms with Gasteiger partial charge in [0.15, 0.2) is 6.10 Å². The van der Waals surface area contributed by atoms with Crippen molar-refractivity contribution >= 4 is 0 Å². The lowest BCUT2D eigenvalue weighted by Gasteiger charge is -2.05. The topological polar surface area (TPSA) is 59.2 Å². The van der Waals surface area contributed by atoms with Gasteiger partial charge >= 0.3 is 0 Å². The average molecular weight is 204 g/mol. The molecule has 78 valence electrons. The van der Waals surface area contributed by atoms with Gasteiger partial charge in [-0.05, 0) is 12.1 Å². The molecule has 2 aromatic heterocycles. The number of rotatable bonds is 3. The van der Waals surface area contributed by atoms with Crippen LogP contribution in [0.5, 0.6) is 0 Å². The van der Waals surface area contributed by atoms with Crippen LogP contribution in [0.1, 0.15) is 30.2 Å². The molecule has 4 heteroatoms. The lowest BCUT2D eigenvalue weighted by Crippen LogP contribution is -2.01. The fourth-order valence-electron chi connectivity index (χ4n) is 1.33. The van der Waals surface area contributed by atoms with Crippen LogP contribution in [0.15, 0.2) is 35.1 Å². The van der Waals surface area contributed by atoms with Crippen LogP contribution in [0.4, 0.5) is 0 Å². The molecule has 2 rings (SSSR count). The molecule has 2 aromatic rings. The number of hydrogen-bond acceptors (Lipinski definition) is 4. The Morgan fingerprint density at radius 1 is 1.40 bits per heavy atom. The van der Waals surface area contributed by atoms with Crippen molar-refractivity contribution in [3.8, 4) is 0 Å². The highest BCUT2D eigenvalue weighted by Gasteiger charge is 2.15. The third kappa shape index (κ3) is 2.05. The second-order valence-corrected chi connectivity index (χ2v) is 3.19. The molecule has 0 bridgehead atoms. The maximum Gasteiger partial charge on any atom is 0.155 e. The van der Waals surface area contributed by atoms with Crippen molar-refractivity contribution in [3.63, 3.8) is 0 Å². The zero-order chi connectivity index (χ0) is 10.7. The van der Waals surface area contributed by atoms with Crippen molar-refractivity contribution in [1.29, 1.82) is 0 Å². The molecule has 1 unspecified atom stereocenters. The van der Waals surface area contributed by atoms with Gasteiger partial charge in [0.1, 0.15) is 11.5 Å². The summed E-state index contributed by atoms with van der Waals surface area (Å²) in [5.74, 6) is 1.36. The summed E-state index contributed by atoms with van der Waals surface area (Å²) in [7, 11) is 0. The van der Waals surface area contributed by atoms with Crippen LogP contribution < -0.4 is 0 Å². The Bertz CT molecular complexity index is 425. The predicted octanol–water partition coefficient (Wildman–Crippen LogP) is 1.71. The lowest BCUT2D eigenvalue weighted by atomic mass is 10.2. The summed E-state index contributed by atoms with van der Waals surface area (Å²) >= 11 is 0. The maximum absolute atomic E-state index is 9.90. The van der Waals surface area contributed by atoms with E-state index in [0.717, 1.165) is 12.2 Å². The van der Waals surface area contributed by atoms with Crippen LogP contribution in [-0.4, -0.2) is 15.1 Å². The molecule has 0 aliphatic rings. The molecule has 1 N–H and O–H groups in total. The Morgan fingerprint density at radius 2 is 2.27 bits per heavy atom. The van der Waals surface area contributed by atoms with Crippen molar-refractivity contribution in [3.05, 3.63) is 47.9 Å². The minimum absolute atomic E-state index is 0.495. The van der Waals surface area contributed by atoms with Crippen LogP contribution in [0.3, 0.4) is 0 Å². The summed E-state index contributed by atoms with van der Waals surface area (Å²) in [4.78, 5) is 7.91. The molecule has 0 fully saturated rings. The minimum atomic E-state index is -0.834. The number of aliphatic hydroxyl groups is 1. The van der Waals surface area contributed by atoms with E-state index in [2.05, 4.69) is 9.97 Å². The van der Waals surface area contributed by atoms with Gasteiger partial charge in [0, 0.05) is 18.8 Å². The van der Waals surface area contributed by atoms with E-state index in [1.54, 1.807) is 18.5 Å². The van der Waals surface area contributed by atoms with E-state index >= 15 is 0 Å². The van der Waals surface area contributed by atoms with E-state index in [4.69, 9.17) is 4.42 Å². The van der Waals surface area contributed by atoms with Crippen LogP contribution in [0.2, 0.25) is 0 Å². The van der Waals surface area contributed by atoms with E-state index in [0.29, 0.717) is 11.5 Å². The molecule has 15 heavy (non-hydrogen) atoms. The van der Waals surface area contributed by atoms with Gasteiger partial charge in [-0.2, -0.15) is 0 Å². The Kier molecular flexibility index (Phi) is 2.78. The number of hydrogen-bond donors (Lipinski definition) is 1. The van der Waals surface area contributed by atoms with Crippen molar-refractivity contribution < 1.29 is 9.52 Å². The number of aliphatic hydroxyl groups excluding tert-OH is 1. The molecule has 0 aliphatic heterocycles. The summed E-state index contributed by atoms with van der Waals surface area (Å²) in [6.07, 6.45) is 4.61. The third-order valence-corrected chi connectivity index (χ3v) is 2.16. The standard InChI is InChI=1S/C11H12N2O2/c1-2-8-3-4-10(15-8)11(14)9-7-12-5-6-13-9/h3-7,11,14H,2H2,1H3. The lowest BCUT2D eigenvalue weighted by molar-refractivity contribution is 0.182. The Balaban J connectivity index is 2.24. The van der Waals surface area contributed by atoms with E-state index < -0.39 is 6.10 Å². The molecule has 0 amide bonds. The SMILES string of the molecule is CCc1ccc(C(O)c2cnccn2)o1. The monoisotopic (exact) mass is 204 g/mol. The Morgan fingerprint density at radius 3 is 2.87 bits per heavy atom. The smallest absolute Gasteiger partial charge is 0.155 e. The second-order valence-electron chi connectivity index (χ2n) is 3.19. The number of furan rings is 1. The quantitative estimate of drug-likeness (QED) is 0.826. The first kappa shape index (κ1) is 9.86. The molecule has 0 saturated carbocycles. The molecule has 0 aliphatic carbocycles. The molecule has 2 heterocycles. The zero-order valence-corrected chi connectivity index (χ0v) is 8.42. The van der Waals surface area contributed by atoms with Crippen LogP contribution in [-0.2, 0) is 6.42 Å². The fraction of sp³-hybridized carbons (Fsp3) is 0.273. The second kappa shape index (κ2) is 4.23. The average Bonchev–Trinajstić information content (AvgIpc) is 2.78. The van der Waals surface area contributed by atoms with Gasteiger partial charge in [-0.3, -0.25) is 9.97 Å². The van der Waals surface area contributed by atoms with Gasteiger partial charge in [-0.15, -0.1) is 0 Å². The minimum Gasteiger partial charge on any atom is -0.463 e. The number of nitrogens with zero attached hydrogens (tertiary/aromatic N) is 2. The van der Waals surface area contributed by atoms with Crippen LogP contribution >= 0.6 is 0 Å². The van der Waals surface area contributed by atoms with Gasteiger partial charge in [0.2, 0.25) is 0 Å². The Hall–Kier alpha value is -1.68. The number of aromatic nitrogens is 2. The highest BCUT2D eigenvalue weighted by Crippen LogP contribution is 2.21. The predicted molar refractivity (Wildman–Crippen MR) is 54.2 cm³/mol. The largest absolute Gasteiger partial charge is 0.463 e. The van der Waals surface area contributed by atoms with Gasteiger partial charge in [-0.25, -0.2) is 0 Å². The summed E-state index contributed by atoms with van der Waals surface area (Å²) in [5.41, 5.74) is 0.495. The van der Waals surface area contributed by atoms with Gasteiger partial charge in [0.25, 0.3) is 0 Å². The third-order valence-electron chi connectivity index (χ3n) is 2.16. The van der Waals surface area contributed by atoms with Crippen LogP contribution in [0, 0.1) is 0 Å². The van der Waals surface area contributed by atoms with E-state index in [1.165, 1.54) is 6.20 Å². The highest BCUT2D eigenvalue weighted by molar-refractivity contribution is 5.17. The first-order valence-corrected chi connectivity index (χ1v) is 4.84. The van der Waals surface area contributed by atoms with Crippen molar-refractivity contribution in [2.45, 2.75) is 19.4 Å². The molecule has 0 aromatic carbocycles. The molecular formula is C11H12N2O2. The molecule has 0 spiro atoms. The summed E-state index contributed by atoms with van der Waals surface area (Å²) < 4.78 is 5.43. The van der Waals surface area contributed by atoms with Crippen molar-refractivity contribution in [2.24, 2.45) is 0 Å². The van der Waals surface area contributed by atoms with E-state index in [-0.39, 0.29) is 0 Å². The molecule has 1 atom stereocenters. The first-order chi connectivity index (χ1) is 7.31. The summed E-state index contributed by atoms with van der Waals surface area (Å²) in [6.45, 7) is 2.00. The normalized spacial score (nSPS) is 12.7. The van der Waals surface area contributed by atoms with Crippen LogP contribution in [0.25, 0.3) is 0 Å². The summed E-state index contributed by atoms with van der Waals surface area (Å²) in [6, 6.07) is 3.62. The van der Waals surface area contributed by atoms with Gasteiger partial charge in [0.05, 0.1) is 11.9 Å². The molecule has 0 radical (unpaired) electrons. The highest BCUT2D eigenvalue weighted by atomic mass is 16.4. The molecular weight excluding hydrogens is 192 g/mol. The first-order valence-electron chi connectivity index (χ1n) is 4.84. The van der Waals surface area contributed by atoms with E-state index in [9.17, 15) is 5.11 Å².